The van der Waals surface area contributed by atoms with E-state index in [0.717, 1.165) is 12.1 Å². The topological polar surface area (TPSA) is 64.3 Å². The lowest BCUT2D eigenvalue weighted by Crippen LogP contribution is -2.23. The number of phenols is 1. The first-order chi connectivity index (χ1) is 12.8. The minimum absolute atomic E-state index is 0.0376. The van der Waals surface area contributed by atoms with Crippen LogP contribution in [0.25, 0.3) is 5.69 Å². The van der Waals surface area contributed by atoms with E-state index in [1.165, 1.54) is 13.0 Å². The lowest BCUT2D eigenvalue weighted by Gasteiger charge is -2.13. The summed E-state index contributed by atoms with van der Waals surface area (Å²) >= 11 is 0. The summed E-state index contributed by atoms with van der Waals surface area (Å²) in [4.78, 5) is 16.2. The molecule has 0 spiro atoms. The zero-order chi connectivity index (χ0) is 19.7. The molecule has 0 aliphatic rings. The molecule has 1 aromatic heterocycles. The molecular weight excluding hydrogens is 368 g/mol. The molecule has 5 nitrogen and oxygen atoms in total. The lowest BCUT2D eigenvalue weighted by molar-refractivity contribution is 0.285. The number of phenolic OH excluding ortho intramolecular Hbond substituents is 1. The summed E-state index contributed by atoms with van der Waals surface area (Å²) in [6, 6.07) is 5.11. The quantitative estimate of drug-likeness (QED) is 0.705. The minimum atomic E-state index is -1.15. The minimum Gasteiger partial charge on any atom is -0.508 e. The molecule has 0 aliphatic heterocycles. The zero-order valence-corrected chi connectivity index (χ0v) is 13.8. The maximum atomic E-state index is 14.0. The van der Waals surface area contributed by atoms with Gasteiger partial charge in [0.15, 0.2) is 11.6 Å². The summed E-state index contributed by atoms with van der Waals surface area (Å²) in [6.45, 7) is 0.989. The van der Waals surface area contributed by atoms with Crippen molar-refractivity contribution < 1.29 is 27.4 Å². The standard InChI is InChI=1S/C18H12F4N2O3/c1-9-23-16(27-8-10-2-3-11(19)4-13(10)20)7-17(26)24(9)18-14(21)5-12(25)6-15(18)22/h2-7,25H,8H2,1H3. The summed E-state index contributed by atoms with van der Waals surface area (Å²) in [5.74, 6) is -4.80. The van der Waals surface area contributed by atoms with Gasteiger partial charge in [0.25, 0.3) is 5.56 Å². The van der Waals surface area contributed by atoms with Crippen LogP contribution in [0.2, 0.25) is 0 Å². The average molecular weight is 380 g/mol. The van der Waals surface area contributed by atoms with Gasteiger partial charge in [-0.3, -0.25) is 9.36 Å². The SMILES string of the molecule is Cc1nc(OCc2ccc(F)cc2F)cc(=O)n1-c1c(F)cc(O)cc1F. The summed E-state index contributed by atoms with van der Waals surface area (Å²) in [5.41, 5.74) is -1.50. The van der Waals surface area contributed by atoms with Crippen LogP contribution in [0.15, 0.2) is 41.2 Å². The third-order valence-electron chi connectivity index (χ3n) is 3.68. The van der Waals surface area contributed by atoms with E-state index in [1.54, 1.807) is 0 Å². The summed E-state index contributed by atoms with van der Waals surface area (Å²) < 4.78 is 60.4. The molecule has 0 fully saturated rings. The largest absolute Gasteiger partial charge is 0.508 e. The lowest BCUT2D eigenvalue weighted by atomic mass is 10.2. The first-order valence-electron chi connectivity index (χ1n) is 7.62. The van der Waals surface area contributed by atoms with Gasteiger partial charge in [-0.05, 0) is 19.1 Å². The Kier molecular flexibility index (Phi) is 4.85. The van der Waals surface area contributed by atoms with E-state index in [-0.39, 0.29) is 23.9 Å². The average Bonchev–Trinajstić information content (AvgIpc) is 2.55. The van der Waals surface area contributed by atoms with Crippen LogP contribution >= 0.6 is 0 Å². The third kappa shape index (κ3) is 3.76. The Morgan fingerprint density at radius 1 is 1.04 bits per heavy atom. The second-order valence-electron chi connectivity index (χ2n) is 5.60. The van der Waals surface area contributed by atoms with Crippen molar-refractivity contribution in [3.8, 4) is 17.3 Å². The van der Waals surface area contributed by atoms with E-state index in [4.69, 9.17) is 4.74 Å². The third-order valence-corrected chi connectivity index (χ3v) is 3.68. The molecule has 0 radical (unpaired) electrons. The second kappa shape index (κ2) is 7.10. The summed E-state index contributed by atoms with van der Waals surface area (Å²) in [7, 11) is 0. The highest BCUT2D eigenvalue weighted by Gasteiger charge is 2.18. The summed E-state index contributed by atoms with van der Waals surface area (Å²) in [5, 5.41) is 9.21. The fourth-order valence-electron chi connectivity index (χ4n) is 2.47. The maximum Gasteiger partial charge on any atom is 0.262 e. The molecule has 3 rings (SSSR count). The number of hydrogen-bond donors (Lipinski definition) is 1. The van der Waals surface area contributed by atoms with E-state index in [0.29, 0.717) is 22.8 Å². The van der Waals surface area contributed by atoms with Crippen LogP contribution < -0.4 is 10.3 Å². The molecule has 0 atom stereocenters. The fourth-order valence-corrected chi connectivity index (χ4v) is 2.47. The van der Waals surface area contributed by atoms with E-state index in [2.05, 4.69) is 4.98 Å². The van der Waals surface area contributed by atoms with Crippen molar-refractivity contribution in [2.45, 2.75) is 13.5 Å². The molecule has 0 saturated heterocycles. The number of aromatic nitrogens is 2. The van der Waals surface area contributed by atoms with Gasteiger partial charge in [-0.25, -0.2) is 17.6 Å². The van der Waals surface area contributed by atoms with Crippen molar-refractivity contribution in [2.24, 2.45) is 0 Å². The van der Waals surface area contributed by atoms with Crippen molar-refractivity contribution in [1.29, 1.82) is 0 Å². The monoisotopic (exact) mass is 380 g/mol. The number of ether oxygens (including phenoxy) is 1. The van der Waals surface area contributed by atoms with Crippen LogP contribution in [0.3, 0.4) is 0 Å². The molecule has 0 amide bonds. The molecule has 9 heteroatoms. The van der Waals surface area contributed by atoms with Crippen LogP contribution in [-0.4, -0.2) is 14.7 Å². The predicted molar refractivity (Wildman–Crippen MR) is 86.8 cm³/mol. The van der Waals surface area contributed by atoms with Crippen molar-refractivity contribution >= 4 is 0 Å². The number of benzene rings is 2. The number of aromatic hydroxyl groups is 1. The molecule has 0 saturated carbocycles. The number of rotatable bonds is 4. The van der Waals surface area contributed by atoms with Crippen LogP contribution in [0.1, 0.15) is 11.4 Å². The molecular formula is C18H12F4N2O3. The Morgan fingerprint density at radius 2 is 1.70 bits per heavy atom. The highest BCUT2D eigenvalue weighted by molar-refractivity contribution is 5.41. The first kappa shape index (κ1) is 18.4. The highest BCUT2D eigenvalue weighted by Crippen LogP contribution is 2.23. The van der Waals surface area contributed by atoms with Gasteiger partial charge in [0.1, 0.15) is 35.5 Å². The first-order valence-corrected chi connectivity index (χ1v) is 7.62. The van der Waals surface area contributed by atoms with E-state index < -0.39 is 40.3 Å². The summed E-state index contributed by atoms with van der Waals surface area (Å²) in [6.07, 6.45) is 0. The Labute approximate surface area is 150 Å². The number of aryl methyl sites for hydroxylation is 1. The Hall–Kier alpha value is -3.36. The van der Waals surface area contributed by atoms with Crippen LogP contribution in [-0.2, 0) is 6.61 Å². The van der Waals surface area contributed by atoms with Gasteiger partial charge in [0, 0.05) is 23.8 Å². The van der Waals surface area contributed by atoms with Gasteiger partial charge in [0.05, 0.1) is 6.07 Å². The zero-order valence-electron chi connectivity index (χ0n) is 13.8. The number of hydrogen-bond acceptors (Lipinski definition) is 4. The van der Waals surface area contributed by atoms with Crippen LogP contribution in [0.5, 0.6) is 11.6 Å². The van der Waals surface area contributed by atoms with E-state index in [1.807, 2.05) is 0 Å². The van der Waals surface area contributed by atoms with Gasteiger partial charge < -0.3 is 9.84 Å². The van der Waals surface area contributed by atoms with Crippen molar-refractivity contribution in [3.63, 3.8) is 0 Å². The molecule has 27 heavy (non-hydrogen) atoms. The Morgan fingerprint density at radius 3 is 2.30 bits per heavy atom. The van der Waals surface area contributed by atoms with Crippen LogP contribution in [0, 0.1) is 30.2 Å². The molecule has 0 bridgehead atoms. The molecule has 3 aromatic rings. The van der Waals surface area contributed by atoms with Crippen molar-refractivity contribution in [2.75, 3.05) is 0 Å². The van der Waals surface area contributed by atoms with E-state index in [9.17, 15) is 27.5 Å². The molecule has 0 unspecified atom stereocenters. The number of nitrogens with zero attached hydrogens (tertiary/aromatic N) is 2. The Balaban J connectivity index is 1.93. The Bertz CT molecular complexity index is 1060. The molecule has 2 aromatic carbocycles. The maximum absolute atomic E-state index is 14.0. The smallest absolute Gasteiger partial charge is 0.262 e. The van der Waals surface area contributed by atoms with Gasteiger partial charge in [-0.15, -0.1) is 0 Å². The fraction of sp³-hybridized carbons (Fsp3) is 0.111. The molecule has 0 aliphatic carbocycles. The second-order valence-corrected chi connectivity index (χ2v) is 5.60. The van der Waals surface area contributed by atoms with Gasteiger partial charge in [-0.1, -0.05) is 0 Å². The molecule has 1 heterocycles. The van der Waals surface area contributed by atoms with Crippen molar-refractivity contribution in [1.82, 2.24) is 9.55 Å². The predicted octanol–water partition coefficient (Wildman–Crippen LogP) is 3.38. The van der Waals surface area contributed by atoms with Gasteiger partial charge in [-0.2, -0.15) is 4.98 Å². The highest BCUT2D eigenvalue weighted by atomic mass is 19.1. The van der Waals surface area contributed by atoms with Crippen molar-refractivity contribution in [3.05, 3.63) is 81.4 Å². The van der Waals surface area contributed by atoms with Gasteiger partial charge in [0.2, 0.25) is 5.88 Å². The molecule has 140 valence electrons. The van der Waals surface area contributed by atoms with Gasteiger partial charge >= 0.3 is 0 Å². The van der Waals surface area contributed by atoms with Crippen LogP contribution in [0.4, 0.5) is 17.6 Å². The normalized spacial score (nSPS) is 10.9. The number of halogens is 4. The van der Waals surface area contributed by atoms with E-state index >= 15 is 0 Å². The molecule has 1 N–H and O–H groups in total.